The molecule has 0 N–H and O–H groups in total. The van der Waals surface area contributed by atoms with Crippen molar-refractivity contribution in [2.75, 3.05) is 24.5 Å². The SMILES string of the molecule is CC1CN(C(=O)c2ccnc(-n3cccn3)c2)CCN1c1ccccc1. The van der Waals surface area contributed by atoms with Crippen molar-refractivity contribution in [1.29, 1.82) is 0 Å². The van der Waals surface area contributed by atoms with Gasteiger partial charge in [-0.05, 0) is 37.3 Å². The maximum Gasteiger partial charge on any atom is 0.254 e. The number of anilines is 1. The van der Waals surface area contributed by atoms with Crippen molar-refractivity contribution in [3.05, 3.63) is 72.7 Å². The van der Waals surface area contributed by atoms with Crippen LogP contribution in [-0.4, -0.2) is 51.2 Å². The van der Waals surface area contributed by atoms with E-state index in [-0.39, 0.29) is 11.9 Å². The van der Waals surface area contributed by atoms with Gasteiger partial charge in [0, 0.05) is 55.5 Å². The first-order valence-electron chi connectivity index (χ1n) is 8.79. The van der Waals surface area contributed by atoms with Crippen LogP contribution < -0.4 is 4.90 Å². The van der Waals surface area contributed by atoms with Gasteiger partial charge in [0.05, 0.1) is 0 Å². The highest BCUT2D eigenvalue weighted by molar-refractivity contribution is 5.94. The monoisotopic (exact) mass is 347 g/mol. The molecule has 1 amide bonds. The molecule has 3 aromatic rings. The molecule has 6 heteroatoms. The van der Waals surface area contributed by atoms with Crippen molar-refractivity contribution >= 4 is 11.6 Å². The van der Waals surface area contributed by atoms with Crippen LogP contribution in [0.5, 0.6) is 0 Å². The molecule has 1 fully saturated rings. The number of hydrogen-bond donors (Lipinski definition) is 0. The summed E-state index contributed by atoms with van der Waals surface area (Å²) in [7, 11) is 0. The summed E-state index contributed by atoms with van der Waals surface area (Å²) in [4.78, 5) is 21.5. The second kappa shape index (κ2) is 7.00. The van der Waals surface area contributed by atoms with Crippen molar-refractivity contribution in [3.63, 3.8) is 0 Å². The molecule has 0 saturated carbocycles. The number of aromatic nitrogens is 3. The molecule has 1 atom stereocenters. The highest BCUT2D eigenvalue weighted by atomic mass is 16.2. The number of carbonyl (C=O) groups is 1. The number of nitrogens with zero attached hydrogens (tertiary/aromatic N) is 5. The lowest BCUT2D eigenvalue weighted by atomic mass is 10.1. The molecular formula is C20H21N5O. The number of pyridine rings is 1. The summed E-state index contributed by atoms with van der Waals surface area (Å²) >= 11 is 0. The minimum absolute atomic E-state index is 0.0420. The van der Waals surface area contributed by atoms with E-state index in [0.29, 0.717) is 24.5 Å². The zero-order chi connectivity index (χ0) is 17.9. The minimum atomic E-state index is 0.0420. The first-order chi connectivity index (χ1) is 12.7. The highest BCUT2D eigenvalue weighted by Crippen LogP contribution is 2.21. The van der Waals surface area contributed by atoms with Crippen LogP contribution in [0.2, 0.25) is 0 Å². The van der Waals surface area contributed by atoms with Gasteiger partial charge in [-0.2, -0.15) is 5.10 Å². The number of hydrogen-bond acceptors (Lipinski definition) is 4. The summed E-state index contributed by atoms with van der Waals surface area (Å²) < 4.78 is 1.66. The minimum Gasteiger partial charge on any atom is -0.365 e. The van der Waals surface area contributed by atoms with E-state index >= 15 is 0 Å². The van der Waals surface area contributed by atoms with Crippen LogP contribution in [0.4, 0.5) is 5.69 Å². The van der Waals surface area contributed by atoms with Gasteiger partial charge >= 0.3 is 0 Å². The average Bonchev–Trinajstić information content (AvgIpc) is 3.23. The van der Waals surface area contributed by atoms with E-state index < -0.39 is 0 Å². The van der Waals surface area contributed by atoms with Gasteiger partial charge in [-0.1, -0.05) is 18.2 Å². The van der Waals surface area contributed by atoms with Crippen molar-refractivity contribution in [2.24, 2.45) is 0 Å². The molecule has 4 rings (SSSR count). The number of benzene rings is 1. The van der Waals surface area contributed by atoms with E-state index in [1.165, 1.54) is 5.69 Å². The average molecular weight is 347 g/mol. The smallest absolute Gasteiger partial charge is 0.254 e. The second-order valence-corrected chi connectivity index (χ2v) is 6.48. The van der Waals surface area contributed by atoms with Gasteiger partial charge in [0.2, 0.25) is 0 Å². The van der Waals surface area contributed by atoms with E-state index in [1.54, 1.807) is 29.2 Å². The van der Waals surface area contributed by atoms with Crippen molar-refractivity contribution in [1.82, 2.24) is 19.7 Å². The predicted octanol–water partition coefficient (Wildman–Crippen LogP) is 2.62. The predicted molar refractivity (Wildman–Crippen MR) is 101 cm³/mol. The molecule has 26 heavy (non-hydrogen) atoms. The molecule has 132 valence electrons. The maximum atomic E-state index is 13.0. The Morgan fingerprint density at radius 3 is 2.65 bits per heavy atom. The number of piperazine rings is 1. The summed E-state index contributed by atoms with van der Waals surface area (Å²) in [6.07, 6.45) is 5.17. The molecule has 0 aliphatic carbocycles. The highest BCUT2D eigenvalue weighted by Gasteiger charge is 2.27. The number of carbonyl (C=O) groups excluding carboxylic acids is 1. The summed E-state index contributed by atoms with van der Waals surface area (Å²) in [5.74, 6) is 0.692. The van der Waals surface area contributed by atoms with Crippen LogP contribution in [0.3, 0.4) is 0 Å². The lowest BCUT2D eigenvalue weighted by Gasteiger charge is -2.41. The number of amides is 1. The molecule has 1 unspecified atom stereocenters. The van der Waals surface area contributed by atoms with Crippen LogP contribution in [0.15, 0.2) is 67.1 Å². The zero-order valence-electron chi connectivity index (χ0n) is 14.7. The molecular weight excluding hydrogens is 326 g/mol. The van der Waals surface area contributed by atoms with Crippen LogP contribution in [0, 0.1) is 0 Å². The van der Waals surface area contributed by atoms with Crippen molar-refractivity contribution in [3.8, 4) is 5.82 Å². The van der Waals surface area contributed by atoms with E-state index in [0.717, 1.165) is 6.54 Å². The van der Waals surface area contributed by atoms with Crippen LogP contribution in [0.25, 0.3) is 5.82 Å². The number of rotatable bonds is 3. The lowest BCUT2D eigenvalue weighted by Crippen LogP contribution is -2.53. The summed E-state index contributed by atoms with van der Waals surface area (Å²) in [6, 6.07) is 16.0. The van der Waals surface area contributed by atoms with Gasteiger partial charge in [0.15, 0.2) is 5.82 Å². The quantitative estimate of drug-likeness (QED) is 0.731. The molecule has 1 aliphatic heterocycles. The third-order valence-electron chi connectivity index (χ3n) is 4.73. The van der Waals surface area contributed by atoms with Gasteiger partial charge in [-0.25, -0.2) is 9.67 Å². The van der Waals surface area contributed by atoms with Crippen molar-refractivity contribution in [2.45, 2.75) is 13.0 Å². The fourth-order valence-electron chi connectivity index (χ4n) is 3.41. The molecule has 1 saturated heterocycles. The van der Waals surface area contributed by atoms with E-state index in [1.807, 2.05) is 35.4 Å². The van der Waals surface area contributed by atoms with E-state index in [4.69, 9.17) is 0 Å². The van der Waals surface area contributed by atoms with Gasteiger partial charge < -0.3 is 9.80 Å². The third-order valence-corrected chi connectivity index (χ3v) is 4.73. The molecule has 6 nitrogen and oxygen atoms in total. The topological polar surface area (TPSA) is 54.3 Å². The normalized spacial score (nSPS) is 17.3. The molecule has 0 bridgehead atoms. The first-order valence-corrected chi connectivity index (χ1v) is 8.79. The van der Waals surface area contributed by atoms with Crippen LogP contribution in [0.1, 0.15) is 17.3 Å². The Morgan fingerprint density at radius 2 is 1.92 bits per heavy atom. The fraction of sp³-hybridized carbons (Fsp3) is 0.250. The maximum absolute atomic E-state index is 13.0. The second-order valence-electron chi connectivity index (χ2n) is 6.48. The fourth-order valence-corrected chi connectivity index (χ4v) is 3.41. The molecule has 2 aromatic heterocycles. The molecule has 1 aliphatic rings. The largest absolute Gasteiger partial charge is 0.365 e. The molecule has 3 heterocycles. The zero-order valence-corrected chi connectivity index (χ0v) is 14.7. The van der Waals surface area contributed by atoms with Gasteiger partial charge in [0.1, 0.15) is 0 Å². The summed E-state index contributed by atoms with van der Waals surface area (Å²) in [5, 5.41) is 4.18. The van der Waals surface area contributed by atoms with Crippen molar-refractivity contribution < 1.29 is 4.79 Å². The number of para-hydroxylation sites is 1. The Kier molecular flexibility index (Phi) is 4.39. The Morgan fingerprint density at radius 1 is 1.08 bits per heavy atom. The summed E-state index contributed by atoms with van der Waals surface area (Å²) in [6.45, 7) is 4.40. The first kappa shape index (κ1) is 16.3. The molecule has 0 radical (unpaired) electrons. The third kappa shape index (κ3) is 3.18. The standard InChI is InChI=1S/C20H21N5O/c1-16-15-23(12-13-24(16)18-6-3-2-4-7-18)20(26)17-8-10-21-19(14-17)25-11-5-9-22-25/h2-11,14,16H,12-13,15H2,1H3. The van der Waals surface area contributed by atoms with E-state index in [9.17, 15) is 4.79 Å². The van der Waals surface area contributed by atoms with E-state index in [2.05, 4.69) is 34.0 Å². The van der Waals surface area contributed by atoms with Gasteiger partial charge in [-0.15, -0.1) is 0 Å². The Balaban J connectivity index is 1.49. The van der Waals surface area contributed by atoms with Crippen LogP contribution >= 0.6 is 0 Å². The summed E-state index contributed by atoms with van der Waals surface area (Å²) in [5.41, 5.74) is 1.85. The van der Waals surface area contributed by atoms with Crippen LogP contribution in [-0.2, 0) is 0 Å². The Labute approximate surface area is 152 Å². The van der Waals surface area contributed by atoms with Gasteiger partial charge in [0.25, 0.3) is 5.91 Å². The molecule has 0 spiro atoms. The Bertz CT molecular complexity index is 878. The van der Waals surface area contributed by atoms with Gasteiger partial charge in [-0.3, -0.25) is 4.79 Å². The molecule has 1 aromatic carbocycles. The lowest BCUT2D eigenvalue weighted by molar-refractivity contribution is 0.0726. The Hall–Kier alpha value is -3.15.